The van der Waals surface area contributed by atoms with Crippen LogP contribution in [0.3, 0.4) is 0 Å². The molecule has 26 heavy (non-hydrogen) atoms. The summed E-state index contributed by atoms with van der Waals surface area (Å²) in [4.78, 5) is 36.3. The molecule has 6 heteroatoms. The van der Waals surface area contributed by atoms with Crippen molar-refractivity contribution in [1.82, 2.24) is 5.32 Å². The van der Waals surface area contributed by atoms with E-state index in [2.05, 4.69) is 12.2 Å². The molecule has 6 nitrogen and oxygen atoms in total. The van der Waals surface area contributed by atoms with Crippen molar-refractivity contribution in [3.05, 3.63) is 45.8 Å². The molecule has 1 aromatic carbocycles. The van der Waals surface area contributed by atoms with Crippen LogP contribution in [0.15, 0.2) is 33.5 Å². The number of nitrogens with one attached hydrogen (secondary N) is 1. The first-order valence-electron chi connectivity index (χ1n) is 8.95. The summed E-state index contributed by atoms with van der Waals surface area (Å²) in [6, 6.07) is 6.36. The first-order chi connectivity index (χ1) is 12.4. The van der Waals surface area contributed by atoms with Crippen molar-refractivity contribution in [1.29, 1.82) is 0 Å². The van der Waals surface area contributed by atoms with Gasteiger partial charge in [-0.15, -0.1) is 0 Å². The van der Waals surface area contributed by atoms with Crippen LogP contribution in [0.4, 0.5) is 0 Å². The minimum absolute atomic E-state index is 0.122. The third-order valence-corrected chi connectivity index (χ3v) is 4.88. The Labute approximate surface area is 151 Å². The zero-order valence-corrected chi connectivity index (χ0v) is 15.0. The van der Waals surface area contributed by atoms with E-state index in [1.54, 1.807) is 18.2 Å². The summed E-state index contributed by atoms with van der Waals surface area (Å²) >= 11 is 0. The molecule has 138 valence electrons. The summed E-state index contributed by atoms with van der Waals surface area (Å²) in [5.74, 6) is -0.942. The molecule has 2 atom stereocenters. The van der Waals surface area contributed by atoms with Gasteiger partial charge in [-0.1, -0.05) is 31.4 Å². The molecule has 0 radical (unpaired) electrons. The van der Waals surface area contributed by atoms with Crippen molar-refractivity contribution in [2.45, 2.75) is 45.6 Å². The maximum absolute atomic E-state index is 12.1. The van der Waals surface area contributed by atoms with Crippen molar-refractivity contribution in [3.8, 4) is 0 Å². The van der Waals surface area contributed by atoms with E-state index in [0.717, 1.165) is 30.9 Å². The van der Waals surface area contributed by atoms with E-state index in [-0.39, 0.29) is 23.1 Å². The first-order valence-corrected chi connectivity index (χ1v) is 8.95. The SMILES string of the molecule is Cc1ccc2oc(C(=O)OCC(=O)N[C@H]3CCCC[C@@H]3C)cc(=O)c2c1. The van der Waals surface area contributed by atoms with Crippen molar-refractivity contribution in [2.75, 3.05) is 6.61 Å². The summed E-state index contributed by atoms with van der Waals surface area (Å²) in [6.45, 7) is 3.59. The number of hydrogen-bond acceptors (Lipinski definition) is 5. The summed E-state index contributed by atoms with van der Waals surface area (Å²) in [5, 5.41) is 3.32. The van der Waals surface area contributed by atoms with Gasteiger partial charge in [0.15, 0.2) is 12.0 Å². The van der Waals surface area contributed by atoms with Crippen molar-refractivity contribution >= 4 is 22.8 Å². The van der Waals surface area contributed by atoms with E-state index in [9.17, 15) is 14.4 Å². The molecule has 0 spiro atoms. The van der Waals surface area contributed by atoms with Crippen LogP contribution in [0, 0.1) is 12.8 Å². The van der Waals surface area contributed by atoms with Gasteiger partial charge < -0.3 is 14.5 Å². The van der Waals surface area contributed by atoms with E-state index < -0.39 is 12.6 Å². The zero-order chi connectivity index (χ0) is 18.7. The van der Waals surface area contributed by atoms with Crippen LogP contribution in [0.1, 0.15) is 48.7 Å². The average Bonchev–Trinajstić information content (AvgIpc) is 2.62. The predicted molar refractivity (Wildman–Crippen MR) is 97.1 cm³/mol. The summed E-state index contributed by atoms with van der Waals surface area (Å²) in [6.07, 6.45) is 4.31. The Morgan fingerprint density at radius 3 is 2.77 bits per heavy atom. The second kappa shape index (κ2) is 7.72. The minimum Gasteiger partial charge on any atom is -0.450 e. The van der Waals surface area contributed by atoms with Crippen LogP contribution in [-0.4, -0.2) is 24.5 Å². The van der Waals surface area contributed by atoms with Gasteiger partial charge >= 0.3 is 5.97 Å². The number of carbonyl (C=O) groups is 2. The van der Waals surface area contributed by atoms with Gasteiger partial charge in [0.1, 0.15) is 5.58 Å². The molecule has 0 aliphatic heterocycles. The van der Waals surface area contributed by atoms with Crippen LogP contribution in [-0.2, 0) is 9.53 Å². The number of fused-ring (bicyclic) bond motifs is 1. The van der Waals surface area contributed by atoms with Crippen LogP contribution in [0.25, 0.3) is 11.0 Å². The Balaban J connectivity index is 1.63. The number of rotatable bonds is 4. The average molecular weight is 357 g/mol. The van der Waals surface area contributed by atoms with Gasteiger partial charge in [-0.05, 0) is 37.8 Å². The number of ether oxygens (including phenoxy) is 1. The Hall–Kier alpha value is -2.63. The quantitative estimate of drug-likeness (QED) is 0.850. The monoisotopic (exact) mass is 357 g/mol. The third-order valence-electron chi connectivity index (χ3n) is 4.88. The van der Waals surface area contributed by atoms with Crippen molar-refractivity contribution < 1.29 is 18.7 Å². The summed E-state index contributed by atoms with van der Waals surface area (Å²) in [7, 11) is 0. The number of benzene rings is 1. The molecule has 0 unspecified atom stereocenters. The van der Waals surface area contributed by atoms with Gasteiger partial charge in [0.05, 0.1) is 5.39 Å². The van der Waals surface area contributed by atoms with Gasteiger partial charge in [0.2, 0.25) is 5.76 Å². The Bertz CT molecular complexity index is 885. The molecule has 1 saturated carbocycles. The van der Waals surface area contributed by atoms with Crippen molar-refractivity contribution in [3.63, 3.8) is 0 Å². The van der Waals surface area contributed by atoms with Gasteiger partial charge in [0.25, 0.3) is 5.91 Å². The Kier molecular flexibility index (Phi) is 5.40. The summed E-state index contributed by atoms with van der Waals surface area (Å²) < 4.78 is 10.5. The molecule has 2 aromatic rings. The lowest BCUT2D eigenvalue weighted by molar-refractivity contribution is -0.125. The normalized spacial score (nSPS) is 19.9. The van der Waals surface area contributed by atoms with E-state index in [1.165, 1.54) is 6.42 Å². The number of carbonyl (C=O) groups excluding carboxylic acids is 2. The second-order valence-corrected chi connectivity index (χ2v) is 6.99. The molecular formula is C20H23NO5. The van der Waals surface area contributed by atoms with Crippen LogP contribution in [0.2, 0.25) is 0 Å². The lowest BCUT2D eigenvalue weighted by Gasteiger charge is -2.29. The number of amides is 1. The first kappa shape index (κ1) is 18.2. The van der Waals surface area contributed by atoms with Crippen LogP contribution >= 0.6 is 0 Å². The topological polar surface area (TPSA) is 85.6 Å². The standard InChI is InChI=1S/C20H23NO5/c1-12-7-8-17-14(9-12)16(22)10-18(26-17)20(24)25-11-19(23)21-15-6-4-3-5-13(15)2/h7-10,13,15H,3-6,11H2,1-2H3,(H,21,23)/t13-,15-/m0/s1. The van der Waals surface area contributed by atoms with Gasteiger partial charge in [-0.3, -0.25) is 9.59 Å². The third kappa shape index (κ3) is 4.12. The van der Waals surface area contributed by atoms with E-state index in [0.29, 0.717) is 16.9 Å². The molecule has 3 rings (SSSR count). The van der Waals surface area contributed by atoms with Gasteiger partial charge in [0, 0.05) is 12.1 Å². The smallest absolute Gasteiger partial charge is 0.374 e. The lowest BCUT2D eigenvalue weighted by Crippen LogP contribution is -2.42. The molecule has 1 aliphatic rings. The van der Waals surface area contributed by atoms with Gasteiger partial charge in [-0.25, -0.2) is 4.79 Å². The number of esters is 1. The van der Waals surface area contributed by atoms with Crippen molar-refractivity contribution in [2.24, 2.45) is 5.92 Å². The molecule has 1 N–H and O–H groups in total. The fourth-order valence-corrected chi connectivity index (χ4v) is 3.35. The molecule has 1 amide bonds. The Morgan fingerprint density at radius 1 is 1.23 bits per heavy atom. The highest BCUT2D eigenvalue weighted by atomic mass is 16.5. The van der Waals surface area contributed by atoms with Crippen LogP contribution < -0.4 is 10.7 Å². The highest BCUT2D eigenvalue weighted by Crippen LogP contribution is 2.23. The fraction of sp³-hybridized carbons (Fsp3) is 0.450. The van der Waals surface area contributed by atoms with E-state index in [1.807, 2.05) is 6.92 Å². The maximum Gasteiger partial charge on any atom is 0.374 e. The largest absolute Gasteiger partial charge is 0.450 e. The fourth-order valence-electron chi connectivity index (χ4n) is 3.35. The molecule has 1 aliphatic carbocycles. The summed E-state index contributed by atoms with van der Waals surface area (Å²) in [5.41, 5.74) is 0.923. The van der Waals surface area contributed by atoms with E-state index in [4.69, 9.17) is 9.15 Å². The number of hydrogen-bond donors (Lipinski definition) is 1. The van der Waals surface area contributed by atoms with E-state index >= 15 is 0 Å². The molecule has 0 bridgehead atoms. The highest BCUT2D eigenvalue weighted by Gasteiger charge is 2.23. The molecule has 1 aromatic heterocycles. The molecule has 1 fully saturated rings. The second-order valence-electron chi connectivity index (χ2n) is 6.99. The molecule has 1 heterocycles. The highest BCUT2D eigenvalue weighted by molar-refractivity contribution is 5.90. The molecule has 0 saturated heterocycles. The minimum atomic E-state index is -0.823. The number of aryl methyl sites for hydroxylation is 1. The van der Waals surface area contributed by atoms with Crippen LogP contribution in [0.5, 0.6) is 0 Å². The maximum atomic E-state index is 12.1. The Morgan fingerprint density at radius 2 is 2.00 bits per heavy atom. The molecular weight excluding hydrogens is 334 g/mol. The lowest BCUT2D eigenvalue weighted by atomic mass is 9.86. The van der Waals surface area contributed by atoms with Gasteiger partial charge in [-0.2, -0.15) is 0 Å². The predicted octanol–water partition coefficient (Wildman–Crippen LogP) is 2.95. The zero-order valence-electron chi connectivity index (χ0n) is 15.0.